The number of nitrogens with zero attached hydrogens (tertiary/aromatic N) is 2. The second-order valence-corrected chi connectivity index (χ2v) is 10.3. The monoisotopic (exact) mass is 518 g/mol. The van der Waals surface area contributed by atoms with Crippen molar-refractivity contribution in [1.29, 1.82) is 0 Å². The third kappa shape index (κ3) is 6.77. The van der Waals surface area contributed by atoms with E-state index in [0.29, 0.717) is 12.5 Å². The second kappa shape index (κ2) is 13.3. The van der Waals surface area contributed by atoms with Crippen LogP contribution in [0.15, 0.2) is 119 Å². The Morgan fingerprint density at radius 3 is 2.77 bits per heavy atom. The lowest BCUT2D eigenvalue weighted by Gasteiger charge is -2.23. The van der Waals surface area contributed by atoms with E-state index in [0.717, 1.165) is 98.1 Å². The topological polar surface area (TPSA) is 43.7 Å². The molecular weight excluding hydrogens is 480 g/mol. The average Bonchev–Trinajstić information content (AvgIpc) is 3.33. The van der Waals surface area contributed by atoms with E-state index in [1.54, 1.807) is 0 Å². The van der Waals surface area contributed by atoms with Gasteiger partial charge in [0.05, 0.1) is 18.1 Å². The second-order valence-electron chi connectivity index (χ2n) is 10.3. The van der Waals surface area contributed by atoms with Gasteiger partial charge in [-0.1, -0.05) is 62.1 Å². The first-order valence-corrected chi connectivity index (χ1v) is 14.2. The van der Waals surface area contributed by atoms with Crippen LogP contribution in [0.2, 0.25) is 0 Å². The van der Waals surface area contributed by atoms with Crippen LogP contribution in [0, 0.1) is 0 Å². The fourth-order valence-electron chi connectivity index (χ4n) is 5.60. The Morgan fingerprint density at radius 2 is 1.95 bits per heavy atom. The summed E-state index contributed by atoms with van der Waals surface area (Å²) in [7, 11) is 0. The number of hydrogen-bond acceptors (Lipinski definition) is 4. The van der Waals surface area contributed by atoms with E-state index in [1.165, 1.54) is 11.3 Å². The molecule has 39 heavy (non-hydrogen) atoms. The summed E-state index contributed by atoms with van der Waals surface area (Å²) < 4.78 is 12.2. The molecule has 0 spiro atoms. The third-order valence-electron chi connectivity index (χ3n) is 7.73. The number of aryl methyl sites for hydroxylation is 1. The van der Waals surface area contributed by atoms with Crippen LogP contribution in [0.25, 0.3) is 0 Å². The maximum atomic E-state index is 6.17. The van der Waals surface area contributed by atoms with Gasteiger partial charge in [-0.15, -0.1) is 5.73 Å². The van der Waals surface area contributed by atoms with E-state index < -0.39 is 0 Å². The molecule has 1 saturated heterocycles. The maximum Gasteiger partial charge on any atom is 0.214 e. The first-order chi connectivity index (χ1) is 19.2. The highest BCUT2D eigenvalue weighted by atomic mass is 16.5. The number of rotatable bonds is 9. The summed E-state index contributed by atoms with van der Waals surface area (Å²) in [6, 6.07) is 14.4. The van der Waals surface area contributed by atoms with E-state index in [1.807, 2.05) is 48.7 Å². The van der Waals surface area contributed by atoms with Crippen molar-refractivity contribution in [3.05, 3.63) is 131 Å². The standard InChI is InChI=1S/C35H38N2O2/c1-3-28(34-19-9-10-24-38-34)21-22-33-30(16-11-20-35(37-33)39-25-27-13-5-4-6-14-27)26(2)29-15-7-8-18-32-31(29)17-12-23-36-32/h3-6,11-14,17,20,23,29H,1-2,7-10,15,18-19,21-22,24-25H2/b34-28+. The molecule has 1 aliphatic carbocycles. The molecule has 200 valence electrons. The van der Waals surface area contributed by atoms with Gasteiger partial charge in [0.25, 0.3) is 0 Å². The zero-order valence-corrected chi connectivity index (χ0v) is 22.8. The molecule has 0 saturated carbocycles. The highest BCUT2D eigenvalue weighted by Gasteiger charge is 2.26. The van der Waals surface area contributed by atoms with Crippen molar-refractivity contribution in [2.75, 3.05) is 6.61 Å². The van der Waals surface area contributed by atoms with E-state index in [2.05, 4.69) is 37.1 Å². The molecule has 3 heterocycles. The van der Waals surface area contributed by atoms with Gasteiger partial charge in [0, 0.05) is 35.9 Å². The molecule has 5 rings (SSSR count). The van der Waals surface area contributed by atoms with Gasteiger partial charge in [0.1, 0.15) is 6.61 Å². The normalized spacial score (nSPS) is 20.2. The zero-order valence-electron chi connectivity index (χ0n) is 22.8. The molecule has 4 heteroatoms. The van der Waals surface area contributed by atoms with E-state index in [9.17, 15) is 0 Å². The number of ether oxygens (including phenoxy) is 2. The predicted octanol–water partition coefficient (Wildman–Crippen LogP) is 8.46. The van der Waals surface area contributed by atoms with Gasteiger partial charge in [-0.05, 0) is 79.4 Å². The molecule has 1 fully saturated rings. The number of aliphatic imine (C=N–C) groups is 1. The largest absolute Gasteiger partial charge is 0.498 e. The average molecular weight is 519 g/mol. The summed E-state index contributed by atoms with van der Waals surface area (Å²) in [6.07, 6.45) is 16.8. The Balaban J connectivity index is 1.43. The van der Waals surface area contributed by atoms with Crippen LogP contribution < -0.4 is 0 Å². The highest BCUT2D eigenvalue weighted by Crippen LogP contribution is 2.38. The predicted molar refractivity (Wildman–Crippen MR) is 158 cm³/mol. The zero-order chi connectivity index (χ0) is 26.9. The van der Waals surface area contributed by atoms with Crippen LogP contribution in [0.5, 0.6) is 0 Å². The van der Waals surface area contributed by atoms with Gasteiger partial charge in [0.2, 0.25) is 5.88 Å². The minimum Gasteiger partial charge on any atom is -0.498 e. The lowest BCUT2D eigenvalue weighted by Crippen LogP contribution is -2.13. The van der Waals surface area contributed by atoms with Crippen LogP contribution in [0.3, 0.4) is 0 Å². The van der Waals surface area contributed by atoms with Crippen LogP contribution in [0.4, 0.5) is 0 Å². The molecule has 4 nitrogen and oxygen atoms in total. The number of hydrogen-bond donors (Lipinski definition) is 0. The molecule has 2 aromatic rings. The summed E-state index contributed by atoms with van der Waals surface area (Å²) >= 11 is 0. The van der Waals surface area contributed by atoms with Gasteiger partial charge in [-0.25, -0.2) is 4.99 Å². The molecule has 0 N–H and O–H groups in total. The fraction of sp³-hybridized carbons (Fsp3) is 0.343. The molecular formula is C35H38N2O2. The van der Waals surface area contributed by atoms with Gasteiger partial charge in [0.15, 0.2) is 0 Å². The molecule has 1 aromatic heterocycles. The van der Waals surface area contributed by atoms with Crippen molar-refractivity contribution < 1.29 is 9.47 Å². The number of fused-ring (bicyclic) bond motifs is 1. The number of allylic oxidation sites excluding steroid dienone is 6. The number of pyridine rings is 1. The van der Waals surface area contributed by atoms with Crippen LogP contribution in [-0.4, -0.2) is 17.3 Å². The maximum absolute atomic E-state index is 6.17. The minimum absolute atomic E-state index is 0.197. The van der Waals surface area contributed by atoms with Crippen molar-refractivity contribution in [2.45, 2.75) is 70.3 Å². The molecule has 0 radical (unpaired) electrons. The Labute approximate surface area is 232 Å². The first kappa shape index (κ1) is 26.7. The van der Waals surface area contributed by atoms with Crippen molar-refractivity contribution >= 4 is 5.71 Å². The molecule has 1 aromatic carbocycles. The third-order valence-corrected chi connectivity index (χ3v) is 7.73. The highest BCUT2D eigenvalue weighted by molar-refractivity contribution is 6.04. The number of aromatic nitrogens is 1. The van der Waals surface area contributed by atoms with Gasteiger partial charge < -0.3 is 9.47 Å². The van der Waals surface area contributed by atoms with Crippen LogP contribution in [0.1, 0.15) is 74.1 Å². The lowest BCUT2D eigenvalue weighted by atomic mass is 9.82. The molecule has 0 bridgehead atoms. The minimum atomic E-state index is 0.197. The summed E-state index contributed by atoms with van der Waals surface area (Å²) in [5.41, 5.74) is 11.3. The van der Waals surface area contributed by atoms with Gasteiger partial charge >= 0.3 is 0 Å². The summed E-state index contributed by atoms with van der Waals surface area (Å²) in [5, 5.41) is 0. The molecule has 3 aliphatic rings. The van der Waals surface area contributed by atoms with Crippen molar-refractivity contribution in [3.63, 3.8) is 0 Å². The lowest BCUT2D eigenvalue weighted by molar-refractivity contribution is 0.163. The Hall–Kier alpha value is -3.88. The molecule has 1 atom stereocenters. The van der Waals surface area contributed by atoms with Gasteiger partial charge in [-0.2, -0.15) is 0 Å². The Morgan fingerprint density at radius 1 is 1.08 bits per heavy atom. The Bertz CT molecular complexity index is 1350. The fourth-order valence-corrected chi connectivity index (χ4v) is 5.60. The van der Waals surface area contributed by atoms with Crippen molar-refractivity contribution in [2.24, 2.45) is 4.99 Å². The SMILES string of the molecule is C=C/C(CCC1=NC(OCc2ccccc2)=CC=C=C1C(=C)C1CCCCc2ncccc21)=C1/CCCCO1. The quantitative estimate of drug-likeness (QED) is 0.247. The molecule has 1 unspecified atom stereocenters. The smallest absolute Gasteiger partial charge is 0.214 e. The van der Waals surface area contributed by atoms with E-state index in [-0.39, 0.29) is 5.92 Å². The first-order valence-electron chi connectivity index (χ1n) is 14.2. The van der Waals surface area contributed by atoms with Crippen LogP contribution >= 0.6 is 0 Å². The van der Waals surface area contributed by atoms with Crippen LogP contribution in [-0.2, 0) is 22.5 Å². The summed E-state index contributed by atoms with van der Waals surface area (Å²) in [4.78, 5) is 9.78. The number of benzene rings is 1. The van der Waals surface area contributed by atoms with E-state index >= 15 is 0 Å². The Kier molecular flexibility index (Phi) is 9.09. The summed E-state index contributed by atoms with van der Waals surface area (Å²) in [5.74, 6) is 1.86. The summed E-state index contributed by atoms with van der Waals surface area (Å²) in [6.45, 7) is 9.98. The molecule has 0 amide bonds. The molecule has 2 aliphatic heterocycles. The van der Waals surface area contributed by atoms with Crippen molar-refractivity contribution in [1.82, 2.24) is 4.98 Å². The van der Waals surface area contributed by atoms with Gasteiger partial charge in [-0.3, -0.25) is 4.98 Å². The van der Waals surface area contributed by atoms with Crippen molar-refractivity contribution in [3.8, 4) is 0 Å². The van der Waals surface area contributed by atoms with E-state index in [4.69, 9.17) is 19.5 Å².